The molecule has 3 fully saturated rings. The lowest BCUT2D eigenvalue weighted by Gasteiger charge is -2.44. The van der Waals surface area contributed by atoms with Crippen molar-refractivity contribution in [3.63, 3.8) is 0 Å². The minimum atomic E-state index is -0.631. The van der Waals surface area contributed by atoms with Crippen molar-refractivity contribution in [2.75, 3.05) is 13.2 Å². The van der Waals surface area contributed by atoms with E-state index in [1.165, 1.54) is 25.7 Å². The third kappa shape index (κ3) is 2.41. The third-order valence-electron chi connectivity index (χ3n) is 4.91. The van der Waals surface area contributed by atoms with Crippen LogP contribution < -0.4 is 0 Å². The summed E-state index contributed by atoms with van der Waals surface area (Å²) in [5.41, 5.74) is 0. The van der Waals surface area contributed by atoms with E-state index >= 15 is 0 Å². The summed E-state index contributed by atoms with van der Waals surface area (Å²) in [4.78, 5) is 13.5. The van der Waals surface area contributed by atoms with E-state index in [9.17, 15) is 4.79 Å². The summed E-state index contributed by atoms with van der Waals surface area (Å²) in [5, 5.41) is 8.94. The summed E-state index contributed by atoms with van der Waals surface area (Å²) in [5.74, 6) is -0.227. The second-order valence-electron chi connectivity index (χ2n) is 6.14. The molecule has 3 unspecified atom stereocenters. The Labute approximate surface area is 108 Å². The molecule has 4 heteroatoms. The Morgan fingerprint density at radius 1 is 1.17 bits per heavy atom. The number of piperidine rings is 1. The number of hydrogen-bond acceptors (Lipinski definition) is 3. The molecule has 3 atom stereocenters. The summed E-state index contributed by atoms with van der Waals surface area (Å²) in [6, 6.07) is 1.85. The van der Waals surface area contributed by atoms with Gasteiger partial charge in [-0.15, -0.1) is 0 Å². The van der Waals surface area contributed by atoms with Crippen LogP contribution in [0, 0.1) is 5.92 Å². The van der Waals surface area contributed by atoms with Gasteiger partial charge in [0.25, 0.3) is 0 Å². The Hall–Kier alpha value is -0.610. The highest BCUT2D eigenvalue weighted by atomic mass is 16.5. The average molecular weight is 253 g/mol. The summed E-state index contributed by atoms with van der Waals surface area (Å²) in [6.45, 7) is 1.80. The van der Waals surface area contributed by atoms with E-state index in [2.05, 4.69) is 4.90 Å². The van der Waals surface area contributed by atoms with Gasteiger partial charge in [-0.05, 0) is 44.4 Å². The topological polar surface area (TPSA) is 49.8 Å². The first-order chi connectivity index (χ1) is 8.74. The number of fused-ring (bicyclic) bond motifs is 2. The van der Waals surface area contributed by atoms with Crippen LogP contribution in [0.25, 0.3) is 0 Å². The average Bonchev–Trinajstić information content (AvgIpc) is 2.62. The number of hydrogen-bond donors (Lipinski definition) is 1. The van der Waals surface area contributed by atoms with Crippen molar-refractivity contribution in [3.05, 3.63) is 0 Å². The van der Waals surface area contributed by atoms with E-state index in [-0.39, 0.29) is 0 Å². The van der Waals surface area contributed by atoms with Crippen LogP contribution in [-0.2, 0) is 9.53 Å². The van der Waals surface area contributed by atoms with Gasteiger partial charge in [0.1, 0.15) is 0 Å². The summed E-state index contributed by atoms with van der Waals surface area (Å²) < 4.78 is 5.62. The minimum absolute atomic E-state index is 0.363. The fourth-order valence-corrected chi connectivity index (χ4v) is 4.29. The Kier molecular flexibility index (Phi) is 3.57. The maximum atomic E-state index is 10.9. The zero-order valence-electron chi connectivity index (χ0n) is 10.9. The van der Waals surface area contributed by atoms with Crippen LogP contribution in [0.3, 0.4) is 0 Å². The van der Waals surface area contributed by atoms with E-state index in [0.717, 1.165) is 26.1 Å². The van der Waals surface area contributed by atoms with Crippen molar-refractivity contribution in [1.29, 1.82) is 0 Å². The lowest BCUT2D eigenvalue weighted by Crippen LogP contribution is -2.51. The SMILES string of the molecule is O=C(O)CC1CC2CCC(C1)N2C1CCCOC1. The first-order valence-electron chi connectivity index (χ1n) is 7.31. The van der Waals surface area contributed by atoms with Crippen molar-refractivity contribution < 1.29 is 14.6 Å². The number of rotatable bonds is 3. The molecule has 0 aromatic heterocycles. The second-order valence-corrected chi connectivity index (χ2v) is 6.14. The molecule has 2 bridgehead atoms. The van der Waals surface area contributed by atoms with Gasteiger partial charge < -0.3 is 9.84 Å². The van der Waals surface area contributed by atoms with Gasteiger partial charge in [-0.1, -0.05) is 0 Å². The first-order valence-corrected chi connectivity index (χ1v) is 7.31. The van der Waals surface area contributed by atoms with Crippen LogP contribution in [0.1, 0.15) is 44.9 Å². The molecule has 3 heterocycles. The lowest BCUT2D eigenvalue weighted by atomic mass is 9.86. The Morgan fingerprint density at radius 2 is 1.89 bits per heavy atom. The fourth-order valence-electron chi connectivity index (χ4n) is 4.29. The van der Waals surface area contributed by atoms with Gasteiger partial charge in [0.2, 0.25) is 0 Å². The summed E-state index contributed by atoms with van der Waals surface area (Å²) >= 11 is 0. The van der Waals surface area contributed by atoms with Gasteiger partial charge in [0.15, 0.2) is 0 Å². The Morgan fingerprint density at radius 3 is 2.44 bits per heavy atom. The van der Waals surface area contributed by atoms with Crippen LogP contribution >= 0.6 is 0 Å². The van der Waals surface area contributed by atoms with Crippen LogP contribution in [0.15, 0.2) is 0 Å². The maximum Gasteiger partial charge on any atom is 0.303 e. The number of nitrogens with zero attached hydrogens (tertiary/aromatic N) is 1. The van der Waals surface area contributed by atoms with Gasteiger partial charge in [0, 0.05) is 31.2 Å². The quantitative estimate of drug-likeness (QED) is 0.834. The van der Waals surface area contributed by atoms with Crippen molar-refractivity contribution in [2.45, 2.75) is 63.1 Å². The summed E-state index contributed by atoms with van der Waals surface area (Å²) in [7, 11) is 0. The smallest absolute Gasteiger partial charge is 0.303 e. The number of aliphatic carboxylic acids is 1. The Balaban J connectivity index is 1.63. The molecule has 0 saturated carbocycles. The van der Waals surface area contributed by atoms with Gasteiger partial charge in [-0.25, -0.2) is 0 Å². The minimum Gasteiger partial charge on any atom is -0.481 e. The molecule has 3 saturated heterocycles. The highest BCUT2D eigenvalue weighted by Crippen LogP contribution is 2.42. The zero-order valence-corrected chi connectivity index (χ0v) is 10.9. The number of ether oxygens (including phenoxy) is 1. The molecule has 4 nitrogen and oxygen atoms in total. The Bertz CT molecular complexity index is 300. The van der Waals surface area contributed by atoms with E-state index < -0.39 is 5.97 Å². The molecule has 0 radical (unpaired) electrons. The third-order valence-corrected chi connectivity index (χ3v) is 4.91. The van der Waals surface area contributed by atoms with E-state index in [4.69, 9.17) is 9.84 Å². The van der Waals surface area contributed by atoms with Gasteiger partial charge in [-0.3, -0.25) is 9.69 Å². The molecule has 0 aromatic carbocycles. The molecule has 0 amide bonds. The van der Waals surface area contributed by atoms with Crippen LogP contribution in [-0.4, -0.2) is 47.3 Å². The molecule has 0 aromatic rings. The molecule has 18 heavy (non-hydrogen) atoms. The van der Waals surface area contributed by atoms with Gasteiger partial charge >= 0.3 is 5.97 Å². The van der Waals surface area contributed by atoms with Crippen LogP contribution in [0.4, 0.5) is 0 Å². The molecule has 3 aliphatic heterocycles. The standard InChI is InChI=1S/C14H23NO3/c16-14(17)8-10-6-11-3-4-12(7-10)15(11)13-2-1-5-18-9-13/h10-13H,1-9H2,(H,16,17). The van der Waals surface area contributed by atoms with E-state index in [1.807, 2.05) is 0 Å². The van der Waals surface area contributed by atoms with Crippen molar-refractivity contribution >= 4 is 5.97 Å². The normalized spacial score (nSPS) is 40.9. The molecule has 102 valence electrons. The maximum absolute atomic E-state index is 10.9. The van der Waals surface area contributed by atoms with Crippen molar-refractivity contribution in [3.8, 4) is 0 Å². The molecule has 0 aliphatic carbocycles. The monoisotopic (exact) mass is 253 g/mol. The molecular formula is C14H23NO3. The molecular weight excluding hydrogens is 230 g/mol. The summed E-state index contributed by atoms with van der Waals surface area (Å²) in [6.07, 6.45) is 7.49. The number of carboxylic acid groups (broad SMARTS) is 1. The lowest BCUT2D eigenvalue weighted by molar-refractivity contribution is -0.138. The highest BCUT2D eigenvalue weighted by Gasteiger charge is 2.44. The van der Waals surface area contributed by atoms with E-state index in [1.54, 1.807) is 0 Å². The zero-order chi connectivity index (χ0) is 12.5. The van der Waals surface area contributed by atoms with Gasteiger partial charge in [0.05, 0.1) is 6.61 Å². The van der Waals surface area contributed by atoms with Crippen molar-refractivity contribution in [1.82, 2.24) is 4.90 Å². The van der Waals surface area contributed by atoms with Gasteiger partial charge in [-0.2, -0.15) is 0 Å². The number of carbonyl (C=O) groups is 1. The first kappa shape index (κ1) is 12.4. The largest absolute Gasteiger partial charge is 0.481 e. The molecule has 3 rings (SSSR count). The predicted molar refractivity (Wildman–Crippen MR) is 67.5 cm³/mol. The van der Waals surface area contributed by atoms with Crippen LogP contribution in [0.5, 0.6) is 0 Å². The molecule has 0 spiro atoms. The van der Waals surface area contributed by atoms with E-state index in [0.29, 0.717) is 30.5 Å². The molecule has 3 aliphatic rings. The van der Waals surface area contributed by atoms with Crippen LogP contribution in [0.2, 0.25) is 0 Å². The number of carboxylic acids is 1. The fraction of sp³-hybridized carbons (Fsp3) is 0.929. The highest BCUT2D eigenvalue weighted by molar-refractivity contribution is 5.67. The molecule has 1 N–H and O–H groups in total. The predicted octanol–water partition coefficient (Wildman–Crippen LogP) is 1.88. The van der Waals surface area contributed by atoms with Crippen molar-refractivity contribution in [2.24, 2.45) is 5.92 Å². The second kappa shape index (κ2) is 5.17.